The second-order valence-electron chi connectivity index (χ2n) is 6.21. The third-order valence-corrected chi connectivity index (χ3v) is 5.06. The zero-order valence-electron chi connectivity index (χ0n) is 13.8. The van der Waals surface area contributed by atoms with E-state index in [0.29, 0.717) is 19.4 Å². The number of halogens is 1. The Labute approximate surface area is 143 Å². The Balaban J connectivity index is 0.00000264. The Morgan fingerprint density at radius 2 is 2.00 bits per heavy atom. The molecule has 1 heterocycles. The number of imide groups is 1. The summed E-state index contributed by atoms with van der Waals surface area (Å²) in [6.07, 6.45) is 4.00. The standard InChI is InChI=1S/C15H26N4O3.ClH/c1-3-15(4-2)13(21)19(14(22)18-15)9-12(20)17-11-7-5-6-10(11)8-16;/h10-11H,3-9,16H2,1-2H3,(H,17,20)(H,18,22);1H. The second-order valence-corrected chi connectivity index (χ2v) is 6.21. The third kappa shape index (κ3) is 3.77. The fourth-order valence-electron chi connectivity index (χ4n) is 3.45. The molecule has 1 saturated heterocycles. The quantitative estimate of drug-likeness (QED) is 0.617. The molecule has 2 aliphatic rings. The van der Waals surface area contributed by atoms with Gasteiger partial charge >= 0.3 is 6.03 Å². The highest BCUT2D eigenvalue weighted by Gasteiger charge is 2.49. The molecule has 2 unspecified atom stereocenters. The number of nitrogens with zero attached hydrogens (tertiary/aromatic N) is 1. The van der Waals surface area contributed by atoms with Gasteiger partial charge in [-0.2, -0.15) is 0 Å². The van der Waals surface area contributed by atoms with Gasteiger partial charge in [-0.3, -0.25) is 14.5 Å². The van der Waals surface area contributed by atoms with Gasteiger partial charge in [-0.05, 0) is 38.1 Å². The van der Waals surface area contributed by atoms with Gasteiger partial charge in [-0.1, -0.05) is 20.3 Å². The molecule has 1 aliphatic heterocycles. The zero-order chi connectivity index (χ0) is 16.3. The first-order chi connectivity index (χ1) is 10.5. The molecule has 2 fully saturated rings. The molecule has 8 heteroatoms. The normalized spacial score (nSPS) is 26.0. The van der Waals surface area contributed by atoms with E-state index in [2.05, 4.69) is 10.6 Å². The molecule has 132 valence electrons. The van der Waals surface area contributed by atoms with E-state index in [9.17, 15) is 14.4 Å². The van der Waals surface area contributed by atoms with Crippen molar-refractivity contribution in [3.8, 4) is 0 Å². The lowest BCUT2D eigenvalue weighted by atomic mass is 9.93. The van der Waals surface area contributed by atoms with E-state index in [0.717, 1.165) is 24.2 Å². The number of rotatable bonds is 6. The van der Waals surface area contributed by atoms with E-state index in [4.69, 9.17) is 5.73 Å². The minimum absolute atomic E-state index is 0. The van der Waals surface area contributed by atoms with Crippen LogP contribution in [0.1, 0.15) is 46.0 Å². The lowest BCUT2D eigenvalue weighted by molar-refractivity contribution is -0.135. The van der Waals surface area contributed by atoms with Crippen LogP contribution in [0.3, 0.4) is 0 Å². The molecule has 7 nitrogen and oxygen atoms in total. The molecule has 0 aromatic rings. The number of nitrogens with one attached hydrogen (secondary N) is 2. The Bertz CT molecular complexity index is 468. The van der Waals surface area contributed by atoms with Crippen LogP contribution in [-0.2, 0) is 9.59 Å². The van der Waals surface area contributed by atoms with Crippen molar-refractivity contribution < 1.29 is 14.4 Å². The molecule has 2 rings (SSSR count). The number of hydrogen-bond acceptors (Lipinski definition) is 4. The summed E-state index contributed by atoms with van der Waals surface area (Å²) < 4.78 is 0. The molecule has 4 N–H and O–H groups in total. The molecule has 0 bridgehead atoms. The van der Waals surface area contributed by atoms with Crippen molar-refractivity contribution in [3.63, 3.8) is 0 Å². The van der Waals surface area contributed by atoms with Gasteiger partial charge in [-0.15, -0.1) is 12.4 Å². The van der Waals surface area contributed by atoms with E-state index >= 15 is 0 Å². The molecule has 0 aromatic heterocycles. The fourth-order valence-corrected chi connectivity index (χ4v) is 3.45. The summed E-state index contributed by atoms with van der Waals surface area (Å²) in [6, 6.07) is -0.425. The SMILES string of the molecule is CCC1(CC)NC(=O)N(CC(=O)NC2CCCC2CN)C1=O.Cl. The van der Waals surface area contributed by atoms with Gasteiger partial charge in [0, 0.05) is 6.04 Å². The summed E-state index contributed by atoms with van der Waals surface area (Å²) in [5.41, 5.74) is 4.84. The summed E-state index contributed by atoms with van der Waals surface area (Å²) in [5.74, 6) is -0.311. The van der Waals surface area contributed by atoms with Crippen LogP contribution in [-0.4, -0.2) is 47.4 Å². The van der Waals surface area contributed by atoms with Crippen LogP contribution < -0.4 is 16.4 Å². The molecule has 1 aliphatic carbocycles. The van der Waals surface area contributed by atoms with E-state index in [1.165, 1.54) is 0 Å². The van der Waals surface area contributed by atoms with Gasteiger partial charge in [0.1, 0.15) is 12.1 Å². The van der Waals surface area contributed by atoms with Crippen molar-refractivity contribution in [1.29, 1.82) is 0 Å². The van der Waals surface area contributed by atoms with Crippen LogP contribution in [0.5, 0.6) is 0 Å². The van der Waals surface area contributed by atoms with Gasteiger partial charge in [0.25, 0.3) is 5.91 Å². The molecule has 23 heavy (non-hydrogen) atoms. The van der Waals surface area contributed by atoms with Crippen LogP contribution in [0.2, 0.25) is 0 Å². The highest BCUT2D eigenvalue weighted by Crippen LogP contribution is 2.26. The first kappa shape index (κ1) is 19.7. The molecule has 0 spiro atoms. The molecule has 0 aromatic carbocycles. The van der Waals surface area contributed by atoms with Crippen LogP contribution in [0.4, 0.5) is 4.79 Å². The summed E-state index contributed by atoms with van der Waals surface area (Å²) in [5, 5.41) is 5.64. The van der Waals surface area contributed by atoms with Crippen molar-refractivity contribution in [2.24, 2.45) is 11.7 Å². The molecule has 2 atom stereocenters. The average Bonchev–Trinajstić information content (AvgIpc) is 3.04. The summed E-state index contributed by atoms with van der Waals surface area (Å²) in [6.45, 7) is 4.04. The number of carbonyl (C=O) groups is 3. The van der Waals surface area contributed by atoms with Crippen molar-refractivity contribution in [1.82, 2.24) is 15.5 Å². The van der Waals surface area contributed by atoms with E-state index in [-0.39, 0.29) is 42.7 Å². The number of carbonyl (C=O) groups excluding carboxylic acids is 3. The maximum absolute atomic E-state index is 12.4. The van der Waals surface area contributed by atoms with Gasteiger partial charge in [0.2, 0.25) is 5.91 Å². The highest BCUT2D eigenvalue weighted by atomic mass is 35.5. The summed E-state index contributed by atoms with van der Waals surface area (Å²) in [7, 11) is 0. The van der Waals surface area contributed by atoms with Crippen molar-refractivity contribution in [2.45, 2.75) is 57.5 Å². The number of amides is 4. The van der Waals surface area contributed by atoms with Gasteiger partial charge in [0.05, 0.1) is 0 Å². The molecular weight excluding hydrogens is 320 g/mol. The number of nitrogens with two attached hydrogens (primary N) is 1. The lowest BCUT2D eigenvalue weighted by Gasteiger charge is -2.23. The fraction of sp³-hybridized carbons (Fsp3) is 0.800. The topological polar surface area (TPSA) is 105 Å². The van der Waals surface area contributed by atoms with Crippen molar-refractivity contribution >= 4 is 30.3 Å². The Kier molecular flexibility index (Phi) is 6.83. The third-order valence-electron chi connectivity index (χ3n) is 5.06. The van der Waals surface area contributed by atoms with Crippen LogP contribution in [0, 0.1) is 5.92 Å². The monoisotopic (exact) mass is 346 g/mol. The predicted octanol–water partition coefficient (Wildman–Crippen LogP) is 0.762. The largest absolute Gasteiger partial charge is 0.351 e. The van der Waals surface area contributed by atoms with Crippen LogP contribution >= 0.6 is 12.4 Å². The highest BCUT2D eigenvalue weighted by molar-refractivity contribution is 6.09. The first-order valence-electron chi connectivity index (χ1n) is 8.11. The molecule has 1 saturated carbocycles. The lowest BCUT2D eigenvalue weighted by Crippen LogP contribution is -2.48. The minimum atomic E-state index is -0.857. The Morgan fingerprint density at radius 3 is 2.52 bits per heavy atom. The first-order valence-corrected chi connectivity index (χ1v) is 8.11. The van der Waals surface area contributed by atoms with Crippen LogP contribution in [0.25, 0.3) is 0 Å². The maximum atomic E-state index is 12.4. The van der Waals surface area contributed by atoms with E-state index in [1.54, 1.807) is 0 Å². The average molecular weight is 347 g/mol. The van der Waals surface area contributed by atoms with E-state index < -0.39 is 11.6 Å². The number of hydrogen-bond donors (Lipinski definition) is 3. The van der Waals surface area contributed by atoms with Crippen molar-refractivity contribution in [2.75, 3.05) is 13.1 Å². The Morgan fingerprint density at radius 1 is 1.35 bits per heavy atom. The maximum Gasteiger partial charge on any atom is 0.325 e. The zero-order valence-corrected chi connectivity index (χ0v) is 14.6. The predicted molar refractivity (Wildman–Crippen MR) is 89.1 cm³/mol. The van der Waals surface area contributed by atoms with Crippen molar-refractivity contribution in [3.05, 3.63) is 0 Å². The summed E-state index contributed by atoms with van der Waals surface area (Å²) in [4.78, 5) is 37.6. The summed E-state index contributed by atoms with van der Waals surface area (Å²) >= 11 is 0. The van der Waals surface area contributed by atoms with Gasteiger partial charge in [-0.25, -0.2) is 4.79 Å². The van der Waals surface area contributed by atoms with E-state index in [1.807, 2.05) is 13.8 Å². The minimum Gasteiger partial charge on any atom is -0.351 e. The molecule has 4 amide bonds. The number of urea groups is 1. The Hall–Kier alpha value is -1.34. The molecular formula is C15H27ClN4O3. The smallest absolute Gasteiger partial charge is 0.325 e. The van der Waals surface area contributed by atoms with Gasteiger partial charge in [0.15, 0.2) is 0 Å². The van der Waals surface area contributed by atoms with Gasteiger partial charge < -0.3 is 16.4 Å². The van der Waals surface area contributed by atoms with Crippen LogP contribution in [0.15, 0.2) is 0 Å². The second kappa shape index (κ2) is 7.97. The molecule has 0 radical (unpaired) electrons.